The van der Waals surface area contributed by atoms with Crippen molar-refractivity contribution < 1.29 is 27.5 Å². The first-order chi connectivity index (χ1) is 27.0. The normalized spacial score (nSPS) is 18.5. The maximum Gasteiger partial charge on any atom is 0.251 e. The zero-order valence-electron chi connectivity index (χ0n) is 32.3. The Morgan fingerprint density at radius 3 is 2.25 bits per heavy atom. The number of carbonyl (C=O) groups is 3. The molecule has 4 aromatic rings. The van der Waals surface area contributed by atoms with E-state index < -0.39 is 10.0 Å². The molecule has 0 radical (unpaired) electrons. The van der Waals surface area contributed by atoms with E-state index in [1.54, 1.807) is 0 Å². The van der Waals surface area contributed by atoms with Crippen LogP contribution in [0.15, 0.2) is 72.8 Å². The highest BCUT2D eigenvalue weighted by molar-refractivity contribution is 7.88. The van der Waals surface area contributed by atoms with Crippen molar-refractivity contribution in [3.63, 3.8) is 0 Å². The smallest absolute Gasteiger partial charge is 0.251 e. The molecule has 3 heterocycles. The molecule has 0 unspecified atom stereocenters. The van der Waals surface area contributed by atoms with Gasteiger partial charge in [0, 0.05) is 74.1 Å². The van der Waals surface area contributed by atoms with Crippen molar-refractivity contribution in [1.82, 2.24) is 19.5 Å². The van der Waals surface area contributed by atoms with Gasteiger partial charge in [-0.05, 0) is 97.3 Å². The number of nitrogens with zero attached hydrogens (tertiary/aromatic N) is 3. The van der Waals surface area contributed by atoms with E-state index in [1.807, 2.05) is 66.7 Å². The topological polar surface area (TPSA) is 142 Å². The lowest BCUT2D eigenvalue weighted by atomic mass is 9.81. The number of nitrogens with one attached hydrogen (secondary N) is 3. The van der Waals surface area contributed by atoms with Crippen LogP contribution in [0, 0.1) is 0 Å². The number of anilines is 2. The van der Waals surface area contributed by atoms with Crippen molar-refractivity contribution in [2.75, 3.05) is 55.7 Å². The maximum atomic E-state index is 13.5. The van der Waals surface area contributed by atoms with E-state index in [1.165, 1.54) is 29.5 Å². The number of rotatable bonds is 8. The summed E-state index contributed by atoms with van der Waals surface area (Å²) in [7, 11) is -3.27. The first-order valence-electron chi connectivity index (χ1n) is 19.7. The highest BCUT2D eigenvalue weighted by Gasteiger charge is 2.29. The third-order valence-corrected chi connectivity index (χ3v) is 12.4. The van der Waals surface area contributed by atoms with Gasteiger partial charge in [-0.25, -0.2) is 8.42 Å². The lowest BCUT2D eigenvalue weighted by Gasteiger charge is -2.35. The molecule has 3 amide bonds. The standard InChI is InChI=1S/C43H52N6O6S/c1-30(50)46-35-15-19-38(47-22-24-48(25-23-47)56(2,53)54)34(26-35)29-55-36-16-12-32(13-17-36)42-41(31-10-6-5-7-11-31)37-18-14-33-27-39(37)49(42)28-40(51)44-20-8-3-4-9-21-45-43(33)52/h3-4,12-19,26-27,31H,5-11,20-25,28-29H2,1-2H3,(H,44,51)(H,45,52)(H,46,50)/b4-3+. The van der Waals surface area contributed by atoms with Crippen LogP contribution in [0.2, 0.25) is 0 Å². The molecule has 3 N–H and O–H groups in total. The minimum absolute atomic E-state index is 0.0774. The fourth-order valence-corrected chi connectivity index (χ4v) is 9.15. The van der Waals surface area contributed by atoms with E-state index in [0.29, 0.717) is 62.2 Å². The molecule has 0 spiro atoms. The van der Waals surface area contributed by atoms with Gasteiger partial charge in [0.2, 0.25) is 21.8 Å². The Kier molecular flexibility index (Phi) is 12.1. The molecule has 296 valence electrons. The van der Waals surface area contributed by atoms with Crippen LogP contribution in [0.5, 0.6) is 5.75 Å². The van der Waals surface area contributed by atoms with Gasteiger partial charge in [0.15, 0.2) is 0 Å². The van der Waals surface area contributed by atoms with Gasteiger partial charge in [-0.3, -0.25) is 14.4 Å². The van der Waals surface area contributed by atoms with Crippen LogP contribution in [-0.4, -0.2) is 80.5 Å². The third kappa shape index (κ3) is 9.11. The second kappa shape index (κ2) is 17.3. The first-order valence-corrected chi connectivity index (χ1v) is 21.6. The van der Waals surface area contributed by atoms with Crippen molar-refractivity contribution in [2.45, 2.75) is 70.9 Å². The van der Waals surface area contributed by atoms with E-state index in [0.717, 1.165) is 71.9 Å². The minimum Gasteiger partial charge on any atom is -0.489 e. The first kappa shape index (κ1) is 39.1. The summed E-state index contributed by atoms with van der Waals surface area (Å²) in [4.78, 5) is 40.9. The van der Waals surface area contributed by atoms with Crippen LogP contribution in [0.3, 0.4) is 0 Å². The van der Waals surface area contributed by atoms with Crippen LogP contribution in [0.4, 0.5) is 11.4 Å². The summed E-state index contributed by atoms with van der Waals surface area (Å²) in [5, 5.41) is 10.1. The quantitative estimate of drug-likeness (QED) is 0.182. The second-order valence-electron chi connectivity index (χ2n) is 15.1. The van der Waals surface area contributed by atoms with E-state index in [9.17, 15) is 22.8 Å². The molecule has 1 aliphatic carbocycles. The summed E-state index contributed by atoms with van der Waals surface area (Å²) < 4.78 is 34.3. The van der Waals surface area contributed by atoms with Gasteiger partial charge in [0.25, 0.3) is 5.91 Å². The molecule has 3 aromatic carbocycles. The van der Waals surface area contributed by atoms with E-state index in [2.05, 4.69) is 31.5 Å². The molecule has 3 aliphatic rings. The Morgan fingerprint density at radius 2 is 1.55 bits per heavy atom. The molecule has 12 nitrogen and oxygen atoms in total. The van der Waals surface area contributed by atoms with Crippen LogP contribution >= 0.6 is 0 Å². The average molecular weight is 781 g/mol. The van der Waals surface area contributed by atoms with Crippen LogP contribution in [-0.2, 0) is 32.8 Å². The van der Waals surface area contributed by atoms with Gasteiger partial charge < -0.3 is 30.2 Å². The number of aromatic nitrogens is 1. The highest BCUT2D eigenvalue weighted by Crippen LogP contribution is 2.44. The zero-order valence-corrected chi connectivity index (χ0v) is 33.1. The Balaban J connectivity index is 1.21. The number of hydrogen-bond acceptors (Lipinski definition) is 7. The summed E-state index contributed by atoms with van der Waals surface area (Å²) in [5.41, 5.74) is 7.08. The van der Waals surface area contributed by atoms with Crippen molar-refractivity contribution >= 4 is 50.0 Å². The number of sulfonamides is 1. The fourth-order valence-electron chi connectivity index (χ4n) is 8.32. The Bertz CT molecular complexity index is 2220. The van der Waals surface area contributed by atoms with Gasteiger partial charge in [0.1, 0.15) is 18.9 Å². The monoisotopic (exact) mass is 780 g/mol. The third-order valence-electron chi connectivity index (χ3n) is 11.0. The molecule has 56 heavy (non-hydrogen) atoms. The fraction of sp³-hybridized carbons (Fsp3) is 0.419. The maximum absolute atomic E-state index is 13.5. The molecule has 0 atom stereocenters. The summed E-state index contributed by atoms with van der Waals surface area (Å²) in [6.07, 6.45) is 12.4. The zero-order chi connectivity index (χ0) is 39.2. The average Bonchev–Trinajstić information content (AvgIpc) is 3.50. The predicted octanol–water partition coefficient (Wildman–Crippen LogP) is 6.17. The molecule has 1 saturated heterocycles. The van der Waals surface area contributed by atoms with Gasteiger partial charge in [-0.1, -0.05) is 37.5 Å². The SMILES string of the molecule is CC(=O)Nc1ccc(N2CCN(S(C)(=O)=O)CC2)c(COc2ccc(-c3c(C4CCCCC4)c4ccc5cc4n3CC(=O)NCC/C=C/CCNC5=O)cc2)c1. The molecular formula is C43H52N6O6S. The van der Waals surface area contributed by atoms with E-state index in [4.69, 9.17) is 4.74 Å². The summed E-state index contributed by atoms with van der Waals surface area (Å²) in [6, 6.07) is 19.6. The number of carbonyl (C=O) groups excluding carboxylic acids is 3. The van der Waals surface area contributed by atoms with Gasteiger partial charge in [-0.2, -0.15) is 4.31 Å². The summed E-state index contributed by atoms with van der Waals surface area (Å²) >= 11 is 0. The van der Waals surface area contributed by atoms with Crippen molar-refractivity contribution in [2.24, 2.45) is 0 Å². The van der Waals surface area contributed by atoms with Gasteiger partial charge >= 0.3 is 0 Å². The number of benzene rings is 3. The van der Waals surface area contributed by atoms with E-state index >= 15 is 0 Å². The second-order valence-corrected chi connectivity index (χ2v) is 17.0. The predicted molar refractivity (Wildman–Crippen MR) is 221 cm³/mol. The van der Waals surface area contributed by atoms with E-state index in [-0.39, 0.29) is 30.9 Å². The molecular weight excluding hydrogens is 729 g/mol. The number of amides is 3. The number of hydrogen-bond donors (Lipinski definition) is 3. The van der Waals surface area contributed by atoms with Gasteiger partial charge in [0.05, 0.1) is 17.5 Å². The number of piperazine rings is 1. The number of ether oxygens (including phenoxy) is 1. The molecule has 7 rings (SSSR count). The lowest BCUT2D eigenvalue weighted by molar-refractivity contribution is -0.121. The lowest BCUT2D eigenvalue weighted by Crippen LogP contribution is -2.48. The highest BCUT2D eigenvalue weighted by atomic mass is 32.2. The van der Waals surface area contributed by atoms with Crippen LogP contribution < -0.4 is 25.6 Å². The summed E-state index contributed by atoms with van der Waals surface area (Å²) in [5.74, 6) is 0.600. The molecule has 1 aromatic heterocycles. The molecule has 2 fully saturated rings. The van der Waals surface area contributed by atoms with Crippen LogP contribution in [0.1, 0.15) is 79.3 Å². The minimum atomic E-state index is -3.27. The van der Waals surface area contributed by atoms with Crippen molar-refractivity contribution in [3.05, 3.63) is 89.5 Å². The Labute approximate surface area is 329 Å². The summed E-state index contributed by atoms with van der Waals surface area (Å²) in [6.45, 7) is 4.74. The Morgan fingerprint density at radius 1 is 0.857 bits per heavy atom. The van der Waals surface area contributed by atoms with Gasteiger partial charge in [-0.15, -0.1) is 0 Å². The van der Waals surface area contributed by atoms with Crippen molar-refractivity contribution in [3.8, 4) is 17.0 Å². The Hall–Kier alpha value is -5.14. The van der Waals surface area contributed by atoms with Crippen molar-refractivity contribution in [1.29, 1.82) is 0 Å². The van der Waals surface area contributed by atoms with Crippen LogP contribution in [0.25, 0.3) is 22.2 Å². The molecule has 2 bridgehead atoms. The molecule has 13 heteroatoms. The molecule has 1 saturated carbocycles. The number of fused-ring (bicyclic) bond motifs is 1. The largest absolute Gasteiger partial charge is 0.489 e. The molecule has 2 aliphatic heterocycles.